The average Bonchev–Trinajstić information content (AvgIpc) is 2.93. The monoisotopic (exact) mass is 413 g/mol. The van der Waals surface area contributed by atoms with E-state index in [1.165, 1.54) is 0 Å². The van der Waals surface area contributed by atoms with Crippen molar-refractivity contribution in [1.29, 1.82) is 0 Å². The molecule has 162 valence electrons. The normalized spacial score (nSPS) is 19.5. The lowest BCUT2D eigenvalue weighted by Crippen LogP contribution is -2.41. The molecule has 0 spiro atoms. The molecule has 0 aromatic heterocycles. The van der Waals surface area contributed by atoms with Crippen LogP contribution in [0.3, 0.4) is 0 Å². The summed E-state index contributed by atoms with van der Waals surface area (Å²) in [5, 5.41) is 23.0. The van der Waals surface area contributed by atoms with Gasteiger partial charge in [0.15, 0.2) is 0 Å². The molecule has 2 aromatic carbocycles. The molecule has 0 bridgehead atoms. The smallest absolute Gasteiger partial charge is 0.494 e. The predicted molar refractivity (Wildman–Crippen MR) is 118 cm³/mol. The number of nitrogens with one attached hydrogen (secondary N) is 1. The number of ether oxygens (including phenoxy) is 1. The van der Waals surface area contributed by atoms with Crippen LogP contribution in [-0.4, -0.2) is 47.7 Å². The van der Waals surface area contributed by atoms with Crippen LogP contribution in [0.25, 0.3) is 0 Å². The van der Waals surface area contributed by atoms with Gasteiger partial charge in [-0.25, -0.2) is 0 Å². The second-order valence-electron chi connectivity index (χ2n) is 8.78. The molecule has 2 aromatic rings. The van der Waals surface area contributed by atoms with Crippen molar-refractivity contribution < 1.29 is 24.3 Å². The van der Waals surface area contributed by atoms with Crippen LogP contribution < -0.4 is 15.5 Å². The van der Waals surface area contributed by atoms with Gasteiger partial charge < -0.3 is 29.6 Å². The van der Waals surface area contributed by atoms with Crippen molar-refractivity contribution in [1.82, 2.24) is 5.32 Å². The Balaban J connectivity index is 1.44. The maximum absolute atomic E-state index is 10.4. The molecule has 0 amide bonds. The van der Waals surface area contributed by atoms with E-state index in [2.05, 4.69) is 5.32 Å². The minimum absolute atomic E-state index is 0.149. The molecular formula is C23H32BNO5. The highest BCUT2D eigenvalue weighted by Crippen LogP contribution is 2.36. The first-order valence-electron chi connectivity index (χ1n) is 10.4. The Bertz CT molecular complexity index is 806. The van der Waals surface area contributed by atoms with Gasteiger partial charge in [-0.3, -0.25) is 0 Å². The van der Waals surface area contributed by atoms with Crippen molar-refractivity contribution >= 4 is 12.6 Å². The van der Waals surface area contributed by atoms with Crippen molar-refractivity contribution in [3.8, 4) is 11.5 Å². The minimum Gasteiger partial charge on any atom is -0.508 e. The third kappa shape index (κ3) is 5.16. The number of rotatable bonds is 8. The molecule has 3 rings (SSSR count). The molecule has 2 atom stereocenters. The highest BCUT2D eigenvalue weighted by atomic mass is 16.7. The van der Waals surface area contributed by atoms with Crippen LogP contribution in [0.1, 0.15) is 46.3 Å². The summed E-state index contributed by atoms with van der Waals surface area (Å²) in [5.74, 6) is 0.952. The van der Waals surface area contributed by atoms with E-state index in [9.17, 15) is 10.2 Å². The van der Waals surface area contributed by atoms with Gasteiger partial charge in [-0.05, 0) is 69.9 Å². The molecule has 1 aliphatic rings. The van der Waals surface area contributed by atoms with Gasteiger partial charge in [-0.15, -0.1) is 0 Å². The molecule has 7 heteroatoms. The van der Waals surface area contributed by atoms with Crippen molar-refractivity contribution in [3.05, 3.63) is 54.1 Å². The molecule has 1 aliphatic heterocycles. The van der Waals surface area contributed by atoms with Crippen molar-refractivity contribution in [2.75, 3.05) is 13.2 Å². The van der Waals surface area contributed by atoms with Gasteiger partial charge >= 0.3 is 7.12 Å². The van der Waals surface area contributed by atoms with Gasteiger partial charge in [-0.1, -0.05) is 24.3 Å². The van der Waals surface area contributed by atoms with Gasteiger partial charge in [0.25, 0.3) is 0 Å². The van der Waals surface area contributed by atoms with Crippen LogP contribution in [0.4, 0.5) is 0 Å². The van der Waals surface area contributed by atoms with Crippen LogP contribution in [0.5, 0.6) is 11.5 Å². The van der Waals surface area contributed by atoms with Crippen LogP contribution in [0, 0.1) is 0 Å². The zero-order chi connectivity index (χ0) is 21.9. The quantitative estimate of drug-likeness (QED) is 0.456. The van der Waals surface area contributed by atoms with E-state index in [1.54, 1.807) is 24.3 Å². The first-order chi connectivity index (χ1) is 14.1. The first kappa shape index (κ1) is 22.6. The van der Waals surface area contributed by atoms with Crippen LogP contribution >= 0.6 is 0 Å². The van der Waals surface area contributed by atoms with Crippen LogP contribution in [-0.2, 0) is 9.31 Å². The molecular weight excluding hydrogens is 381 g/mol. The second kappa shape index (κ2) is 8.98. The van der Waals surface area contributed by atoms with Gasteiger partial charge in [-0.2, -0.15) is 0 Å². The lowest BCUT2D eigenvalue weighted by molar-refractivity contribution is 0.00578. The number of aliphatic hydroxyl groups excluding tert-OH is 1. The molecule has 30 heavy (non-hydrogen) atoms. The van der Waals surface area contributed by atoms with E-state index < -0.39 is 6.10 Å². The zero-order valence-corrected chi connectivity index (χ0v) is 18.4. The molecule has 0 aliphatic carbocycles. The second-order valence-corrected chi connectivity index (χ2v) is 8.78. The maximum atomic E-state index is 10.4. The molecule has 1 saturated heterocycles. The van der Waals surface area contributed by atoms with E-state index >= 15 is 0 Å². The summed E-state index contributed by atoms with van der Waals surface area (Å²) in [6.45, 7) is 11.1. The Morgan fingerprint density at radius 1 is 0.967 bits per heavy atom. The van der Waals surface area contributed by atoms with Gasteiger partial charge in [0, 0.05) is 12.6 Å². The molecule has 6 nitrogen and oxygen atoms in total. The van der Waals surface area contributed by atoms with Gasteiger partial charge in [0.2, 0.25) is 0 Å². The molecule has 0 radical (unpaired) electrons. The lowest BCUT2D eigenvalue weighted by Gasteiger charge is -2.32. The summed E-state index contributed by atoms with van der Waals surface area (Å²) in [5.41, 5.74) is 0.997. The number of phenolic OH excluding ortho intramolecular Hbond substituents is 1. The third-order valence-corrected chi connectivity index (χ3v) is 5.95. The molecule has 1 fully saturated rings. The fourth-order valence-corrected chi connectivity index (χ4v) is 3.23. The number of aliphatic hydroxyl groups is 1. The highest BCUT2D eigenvalue weighted by molar-refractivity contribution is 6.62. The fraction of sp³-hybridized carbons (Fsp3) is 0.478. The first-order valence-corrected chi connectivity index (χ1v) is 10.4. The molecule has 1 heterocycles. The topological polar surface area (TPSA) is 80.2 Å². The van der Waals surface area contributed by atoms with Crippen molar-refractivity contribution in [2.45, 2.75) is 58.0 Å². The Hall–Kier alpha value is -2.06. The number of phenols is 1. The standard InChI is InChI=1S/C23H32BNO5/c1-16(21(27)17-6-10-19(26)11-7-17)25-14-15-28-20-12-8-18(9-13-20)24-29-22(2,3)23(4,5)30-24/h6-13,16,21,25-27H,14-15H2,1-5H3. The summed E-state index contributed by atoms with van der Waals surface area (Å²) in [6.07, 6.45) is -0.662. The van der Waals surface area contributed by atoms with Crippen molar-refractivity contribution in [3.63, 3.8) is 0 Å². The Labute approximate surface area is 179 Å². The summed E-state index contributed by atoms with van der Waals surface area (Å²) in [6, 6.07) is 14.2. The SMILES string of the molecule is CC(NCCOc1ccc(B2OC(C)(C)C(C)(C)O2)cc1)C(O)c1ccc(O)cc1. The number of aromatic hydroxyl groups is 1. The van der Waals surface area contributed by atoms with E-state index in [0.29, 0.717) is 13.2 Å². The van der Waals surface area contributed by atoms with Crippen LogP contribution in [0.2, 0.25) is 0 Å². The highest BCUT2D eigenvalue weighted by Gasteiger charge is 2.51. The summed E-state index contributed by atoms with van der Waals surface area (Å²) in [7, 11) is -0.382. The van der Waals surface area contributed by atoms with E-state index in [-0.39, 0.29) is 30.1 Å². The third-order valence-electron chi connectivity index (χ3n) is 5.95. The minimum atomic E-state index is -0.662. The van der Waals surface area contributed by atoms with Gasteiger partial charge in [0.05, 0.1) is 17.3 Å². The van der Waals surface area contributed by atoms with E-state index in [1.807, 2.05) is 58.9 Å². The zero-order valence-electron chi connectivity index (χ0n) is 18.4. The van der Waals surface area contributed by atoms with E-state index in [0.717, 1.165) is 16.8 Å². The lowest BCUT2D eigenvalue weighted by atomic mass is 9.79. The van der Waals surface area contributed by atoms with E-state index in [4.69, 9.17) is 14.0 Å². The summed E-state index contributed by atoms with van der Waals surface area (Å²) < 4.78 is 17.9. The fourth-order valence-electron chi connectivity index (χ4n) is 3.23. The number of benzene rings is 2. The predicted octanol–water partition coefficient (Wildman–Crippen LogP) is 2.78. The Kier molecular flexibility index (Phi) is 6.77. The Morgan fingerprint density at radius 2 is 1.53 bits per heavy atom. The summed E-state index contributed by atoms with van der Waals surface area (Å²) >= 11 is 0. The molecule has 3 N–H and O–H groups in total. The van der Waals surface area contributed by atoms with Gasteiger partial charge in [0.1, 0.15) is 18.1 Å². The Morgan fingerprint density at radius 3 is 2.10 bits per heavy atom. The average molecular weight is 413 g/mol. The maximum Gasteiger partial charge on any atom is 0.494 e. The van der Waals surface area contributed by atoms with Crippen molar-refractivity contribution in [2.24, 2.45) is 0 Å². The number of hydrogen-bond acceptors (Lipinski definition) is 6. The summed E-state index contributed by atoms with van der Waals surface area (Å²) in [4.78, 5) is 0. The number of hydrogen-bond donors (Lipinski definition) is 3. The van der Waals surface area contributed by atoms with Crippen LogP contribution in [0.15, 0.2) is 48.5 Å². The molecule has 0 saturated carbocycles. The largest absolute Gasteiger partial charge is 0.508 e. The molecule has 2 unspecified atom stereocenters.